The molecule has 0 saturated carbocycles. The van der Waals surface area contributed by atoms with Gasteiger partial charge in [0.25, 0.3) is 0 Å². The summed E-state index contributed by atoms with van der Waals surface area (Å²) in [4.78, 5) is 4.59. The van der Waals surface area contributed by atoms with Gasteiger partial charge in [-0.1, -0.05) is 6.07 Å². The van der Waals surface area contributed by atoms with E-state index in [0.29, 0.717) is 29.6 Å². The third-order valence-electron chi connectivity index (χ3n) is 3.41. The van der Waals surface area contributed by atoms with Gasteiger partial charge in [-0.2, -0.15) is 4.98 Å². The minimum atomic E-state index is -3.30. The minimum Gasteiger partial charge on any atom is -0.492 e. The summed E-state index contributed by atoms with van der Waals surface area (Å²) in [6, 6.07) is 8.52. The van der Waals surface area contributed by atoms with Crippen molar-refractivity contribution in [1.82, 2.24) is 14.6 Å². The topological polar surface area (TPSA) is 85.6 Å². The summed E-state index contributed by atoms with van der Waals surface area (Å²) in [5.74, 6) is 0.851. The fraction of sp³-hybridized carbons (Fsp3) is 0.250. The van der Waals surface area contributed by atoms with Crippen LogP contribution in [0.15, 0.2) is 41.4 Å². The van der Waals surface area contributed by atoms with Gasteiger partial charge in [0, 0.05) is 18.5 Å². The normalized spacial score (nSPS) is 11.6. The van der Waals surface area contributed by atoms with Crippen LogP contribution in [-0.2, 0) is 9.84 Å². The molecular formula is C16H18N4O3S. The van der Waals surface area contributed by atoms with Crippen LogP contribution in [-0.4, -0.2) is 35.9 Å². The van der Waals surface area contributed by atoms with Gasteiger partial charge in [0.05, 0.1) is 17.2 Å². The number of sulfone groups is 1. The molecule has 0 spiro atoms. The SMILES string of the molecule is CCOc1cc(S(C)(=O)=O)ccc1Nc1nc2ccc(C)cn2n1. The summed E-state index contributed by atoms with van der Waals surface area (Å²) in [7, 11) is -3.30. The molecule has 1 N–H and O–H groups in total. The first kappa shape index (κ1) is 16.3. The van der Waals surface area contributed by atoms with Crippen molar-refractivity contribution in [2.45, 2.75) is 18.7 Å². The molecule has 2 aromatic heterocycles. The number of rotatable bonds is 5. The zero-order valence-electron chi connectivity index (χ0n) is 13.6. The number of aryl methyl sites for hydroxylation is 1. The second kappa shape index (κ2) is 6.12. The highest BCUT2D eigenvalue weighted by Crippen LogP contribution is 2.30. The fourth-order valence-corrected chi connectivity index (χ4v) is 2.91. The summed E-state index contributed by atoms with van der Waals surface area (Å²) in [5, 5.41) is 7.44. The van der Waals surface area contributed by atoms with Crippen LogP contribution in [0.5, 0.6) is 5.75 Å². The van der Waals surface area contributed by atoms with Crippen LogP contribution in [0.3, 0.4) is 0 Å². The van der Waals surface area contributed by atoms with E-state index in [1.54, 1.807) is 10.6 Å². The van der Waals surface area contributed by atoms with Crippen molar-refractivity contribution in [1.29, 1.82) is 0 Å². The molecule has 0 radical (unpaired) electrons. The Balaban J connectivity index is 1.98. The lowest BCUT2D eigenvalue weighted by Gasteiger charge is -2.11. The summed E-state index contributed by atoms with van der Waals surface area (Å²) in [6.45, 7) is 4.23. The molecule has 0 atom stereocenters. The minimum absolute atomic E-state index is 0.204. The molecule has 0 amide bonds. The maximum Gasteiger partial charge on any atom is 0.247 e. The Morgan fingerprint density at radius 1 is 1.25 bits per heavy atom. The number of aromatic nitrogens is 3. The van der Waals surface area contributed by atoms with Gasteiger partial charge >= 0.3 is 0 Å². The summed E-state index contributed by atoms with van der Waals surface area (Å²) in [6.07, 6.45) is 3.04. The number of hydrogen-bond acceptors (Lipinski definition) is 6. The monoisotopic (exact) mass is 346 g/mol. The van der Waals surface area contributed by atoms with E-state index < -0.39 is 9.84 Å². The quantitative estimate of drug-likeness (QED) is 0.764. The standard InChI is InChI=1S/C16H18N4O3S/c1-4-23-14-9-12(24(3,21)22)6-7-13(14)17-16-18-15-8-5-11(2)10-20(15)19-16/h5-10H,4H2,1-3H3,(H,17,19). The lowest BCUT2D eigenvalue weighted by Crippen LogP contribution is -2.02. The molecule has 0 aliphatic carbocycles. The van der Waals surface area contributed by atoms with Crippen molar-refractivity contribution < 1.29 is 13.2 Å². The van der Waals surface area contributed by atoms with Gasteiger partial charge in [-0.05, 0) is 37.6 Å². The number of fused-ring (bicyclic) bond motifs is 1. The van der Waals surface area contributed by atoms with E-state index in [-0.39, 0.29) is 4.90 Å². The molecule has 0 saturated heterocycles. The molecule has 1 aromatic carbocycles. The van der Waals surface area contributed by atoms with Crippen molar-refractivity contribution in [3.8, 4) is 5.75 Å². The molecule has 8 heteroatoms. The molecule has 0 fully saturated rings. The van der Waals surface area contributed by atoms with Crippen LogP contribution in [0.4, 0.5) is 11.6 Å². The van der Waals surface area contributed by atoms with Crippen LogP contribution in [0, 0.1) is 6.92 Å². The first-order valence-corrected chi connectivity index (χ1v) is 9.33. The van der Waals surface area contributed by atoms with Crippen molar-refractivity contribution >= 4 is 27.1 Å². The Morgan fingerprint density at radius 2 is 2.04 bits per heavy atom. The molecule has 0 aliphatic rings. The number of benzene rings is 1. The Hall–Kier alpha value is -2.61. The number of ether oxygens (including phenoxy) is 1. The molecule has 7 nitrogen and oxygen atoms in total. The smallest absolute Gasteiger partial charge is 0.247 e. The maximum atomic E-state index is 11.7. The first-order chi connectivity index (χ1) is 11.4. The highest BCUT2D eigenvalue weighted by Gasteiger charge is 2.13. The molecule has 126 valence electrons. The largest absolute Gasteiger partial charge is 0.492 e. The number of hydrogen-bond donors (Lipinski definition) is 1. The van der Waals surface area contributed by atoms with E-state index in [1.165, 1.54) is 12.1 Å². The van der Waals surface area contributed by atoms with Gasteiger partial charge < -0.3 is 10.1 Å². The number of pyridine rings is 1. The van der Waals surface area contributed by atoms with E-state index in [0.717, 1.165) is 11.8 Å². The number of nitrogens with zero attached hydrogens (tertiary/aromatic N) is 3. The van der Waals surface area contributed by atoms with Crippen LogP contribution >= 0.6 is 0 Å². The third-order valence-corrected chi connectivity index (χ3v) is 4.52. The van der Waals surface area contributed by atoms with E-state index in [4.69, 9.17) is 4.74 Å². The zero-order valence-corrected chi connectivity index (χ0v) is 14.5. The van der Waals surface area contributed by atoms with E-state index in [1.807, 2.05) is 32.2 Å². The van der Waals surface area contributed by atoms with Crippen molar-refractivity contribution in [3.05, 3.63) is 42.1 Å². The predicted octanol–water partition coefficient (Wildman–Crippen LogP) is 2.58. The maximum absolute atomic E-state index is 11.7. The van der Waals surface area contributed by atoms with Gasteiger partial charge in [0.2, 0.25) is 5.95 Å². The lowest BCUT2D eigenvalue weighted by molar-refractivity contribution is 0.341. The van der Waals surface area contributed by atoms with Gasteiger partial charge in [0.15, 0.2) is 15.5 Å². The molecule has 3 aromatic rings. The van der Waals surface area contributed by atoms with Crippen molar-refractivity contribution in [2.24, 2.45) is 0 Å². The zero-order chi connectivity index (χ0) is 17.3. The molecule has 0 aliphatic heterocycles. The Kier molecular flexibility index (Phi) is 4.15. The Labute approximate surface area is 140 Å². The summed E-state index contributed by atoms with van der Waals surface area (Å²) >= 11 is 0. The highest BCUT2D eigenvalue weighted by molar-refractivity contribution is 7.90. The van der Waals surface area contributed by atoms with E-state index >= 15 is 0 Å². The molecule has 0 unspecified atom stereocenters. The average Bonchev–Trinajstić information content (AvgIpc) is 2.89. The average molecular weight is 346 g/mol. The van der Waals surface area contributed by atoms with Gasteiger partial charge in [-0.25, -0.2) is 12.9 Å². The Bertz CT molecular complexity index is 996. The fourth-order valence-electron chi connectivity index (χ4n) is 2.27. The van der Waals surface area contributed by atoms with Crippen LogP contribution in [0.1, 0.15) is 12.5 Å². The molecule has 0 bridgehead atoms. The van der Waals surface area contributed by atoms with Gasteiger partial charge in [-0.15, -0.1) is 5.10 Å². The molecule has 2 heterocycles. The number of anilines is 2. The van der Waals surface area contributed by atoms with E-state index in [9.17, 15) is 8.42 Å². The van der Waals surface area contributed by atoms with Gasteiger partial charge in [0.1, 0.15) is 5.75 Å². The Morgan fingerprint density at radius 3 is 2.75 bits per heavy atom. The third kappa shape index (κ3) is 3.33. The molecule has 3 rings (SSSR count). The second-order valence-corrected chi connectivity index (χ2v) is 7.45. The lowest BCUT2D eigenvalue weighted by atomic mass is 10.3. The van der Waals surface area contributed by atoms with Crippen LogP contribution < -0.4 is 10.1 Å². The summed E-state index contributed by atoms with van der Waals surface area (Å²) in [5.41, 5.74) is 2.40. The second-order valence-electron chi connectivity index (χ2n) is 5.43. The highest BCUT2D eigenvalue weighted by atomic mass is 32.2. The first-order valence-electron chi connectivity index (χ1n) is 7.44. The van der Waals surface area contributed by atoms with Crippen LogP contribution in [0.2, 0.25) is 0 Å². The van der Waals surface area contributed by atoms with Gasteiger partial charge in [-0.3, -0.25) is 0 Å². The predicted molar refractivity (Wildman–Crippen MR) is 91.7 cm³/mol. The number of nitrogens with one attached hydrogen (secondary N) is 1. The van der Waals surface area contributed by atoms with Crippen molar-refractivity contribution in [3.63, 3.8) is 0 Å². The van der Waals surface area contributed by atoms with Crippen LogP contribution in [0.25, 0.3) is 5.65 Å². The molecular weight excluding hydrogens is 328 g/mol. The van der Waals surface area contributed by atoms with E-state index in [2.05, 4.69) is 15.4 Å². The summed E-state index contributed by atoms with van der Waals surface area (Å²) < 4.78 is 30.6. The molecule has 24 heavy (non-hydrogen) atoms. The van der Waals surface area contributed by atoms with Crippen molar-refractivity contribution in [2.75, 3.05) is 18.2 Å².